The molecule has 3 amide bonds. The van der Waals surface area contributed by atoms with Crippen molar-refractivity contribution in [2.45, 2.75) is 49.9 Å². The van der Waals surface area contributed by atoms with E-state index in [-0.39, 0.29) is 25.7 Å². The van der Waals surface area contributed by atoms with Gasteiger partial charge in [0.25, 0.3) is 0 Å². The van der Waals surface area contributed by atoms with Crippen molar-refractivity contribution >= 4 is 35.5 Å². The van der Waals surface area contributed by atoms with Gasteiger partial charge in [-0.1, -0.05) is 60.7 Å². The predicted molar refractivity (Wildman–Crippen MR) is 157 cm³/mol. The third-order valence-corrected chi connectivity index (χ3v) is 7.03. The van der Waals surface area contributed by atoms with Crippen molar-refractivity contribution < 1.29 is 24.3 Å². The first kappa shape index (κ1) is 31.4. The van der Waals surface area contributed by atoms with Crippen molar-refractivity contribution in [3.63, 3.8) is 0 Å². The van der Waals surface area contributed by atoms with Crippen LogP contribution in [0.3, 0.4) is 0 Å². The number of hydrogen-bond donors (Lipinski definition) is 6. The van der Waals surface area contributed by atoms with E-state index in [9.17, 15) is 24.3 Å². The van der Waals surface area contributed by atoms with Crippen molar-refractivity contribution in [1.29, 1.82) is 0 Å². The van der Waals surface area contributed by atoms with Gasteiger partial charge in [-0.05, 0) is 36.0 Å². The van der Waals surface area contributed by atoms with Crippen molar-refractivity contribution in [3.8, 4) is 0 Å². The summed E-state index contributed by atoms with van der Waals surface area (Å²) in [6.45, 7) is 0. The number of carboxylic acid groups (broad SMARTS) is 1. The average Bonchev–Trinajstić information content (AvgIpc) is 3.48. The lowest BCUT2D eigenvalue weighted by molar-refractivity contribution is -0.142. The second-order valence-corrected chi connectivity index (χ2v) is 10.6. The van der Waals surface area contributed by atoms with Gasteiger partial charge in [-0.25, -0.2) is 9.78 Å². The zero-order valence-electron chi connectivity index (χ0n) is 22.8. The minimum atomic E-state index is -1.19. The number of nitrogens with two attached hydrogens (primary N) is 1. The van der Waals surface area contributed by atoms with Crippen LogP contribution in [-0.2, 0) is 38.4 Å². The largest absolute Gasteiger partial charge is 0.480 e. The van der Waals surface area contributed by atoms with Crippen molar-refractivity contribution in [1.82, 2.24) is 25.9 Å². The quantitative estimate of drug-likeness (QED) is 0.146. The third-order valence-electron chi connectivity index (χ3n) is 6.39. The highest BCUT2D eigenvalue weighted by molar-refractivity contribution is 7.98. The average molecular weight is 581 g/mol. The van der Waals surface area contributed by atoms with Gasteiger partial charge in [0.1, 0.15) is 18.1 Å². The summed E-state index contributed by atoms with van der Waals surface area (Å²) in [6, 6.07) is 14.1. The smallest absolute Gasteiger partial charge is 0.326 e. The van der Waals surface area contributed by atoms with Gasteiger partial charge in [0, 0.05) is 24.7 Å². The van der Waals surface area contributed by atoms with E-state index in [1.54, 1.807) is 24.3 Å². The minimum absolute atomic E-state index is 0.0816. The van der Waals surface area contributed by atoms with Crippen LogP contribution in [0, 0.1) is 0 Å². The topological polar surface area (TPSA) is 179 Å². The number of thioether (sulfide) groups is 1. The Kier molecular flexibility index (Phi) is 12.4. The van der Waals surface area contributed by atoms with Gasteiger partial charge in [-0.2, -0.15) is 11.8 Å². The molecule has 12 heteroatoms. The van der Waals surface area contributed by atoms with Gasteiger partial charge in [0.05, 0.1) is 12.4 Å². The highest BCUT2D eigenvalue weighted by Crippen LogP contribution is 2.08. The van der Waals surface area contributed by atoms with E-state index in [1.807, 2.05) is 42.7 Å². The Labute approximate surface area is 243 Å². The fourth-order valence-corrected chi connectivity index (χ4v) is 4.64. The van der Waals surface area contributed by atoms with Crippen LogP contribution < -0.4 is 21.7 Å². The van der Waals surface area contributed by atoms with E-state index in [2.05, 4.69) is 25.9 Å². The number of imidazole rings is 1. The summed E-state index contributed by atoms with van der Waals surface area (Å²) in [7, 11) is 0. The number of aliphatic carboxylic acids is 1. The summed E-state index contributed by atoms with van der Waals surface area (Å²) >= 11 is 1.48. The Balaban J connectivity index is 1.72. The van der Waals surface area contributed by atoms with Crippen LogP contribution in [0.1, 0.15) is 23.2 Å². The molecule has 1 heterocycles. The highest BCUT2D eigenvalue weighted by atomic mass is 32.2. The molecular weight excluding hydrogens is 544 g/mol. The number of H-pyrrole nitrogens is 1. The van der Waals surface area contributed by atoms with Crippen LogP contribution >= 0.6 is 11.8 Å². The Morgan fingerprint density at radius 2 is 1.39 bits per heavy atom. The number of aromatic amines is 1. The fourth-order valence-electron chi connectivity index (χ4n) is 4.16. The summed E-state index contributed by atoms with van der Waals surface area (Å²) in [5.74, 6) is -2.39. The van der Waals surface area contributed by atoms with Crippen molar-refractivity contribution in [2.24, 2.45) is 5.73 Å². The van der Waals surface area contributed by atoms with Gasteiger partial charge in [-0.15, -0.1) is 0 Å². The maximum absolute atomic E-state index is 13.5. The molecule has 0 aliphatic carbocycles. The second-order valence-electron chi connectivity index (χ2n) is 9.57. The van der Waals surface area contributed by atoms with Crippen molar-refractivity contribution in [2.75, 3.05) is 12.0 Å². The first-order valence-electron chi connectivity index (χ1n) is 13.2. The molecule has 4 atom stereocenters. The predicted octanol–water partition coefficient (Wildman–Crippen LogP) is 1.06. The SMILES string of the molecule is CSCCC(NC(=O)C(Cc1cnc[nH]1)NC(=O)C(N)Cc1ccccc1)C(=O)NC(Cc1ccccc1)C(=O)O. The van der Waals surface area contributed by atoms with Crippen LogP contribution in [0.5, 0.6) is 0 Å². The Morgan fingerprint density at radius 1 is 0.829 bits per heavy atom. The van der Waals surface area contributed by atoms with E-state index in [4.69, 9.17) is 5.73 Å². The van der Waals surface area contributed by atoms with E-state index >= 15 is 0 Å². The monoisotopic (exact) mass is 580 g/mol. The molecule has 1 aromatic heterocycles. The molecule has 41 heavy (non-hydrogen) atoms. The lowest BCUT2D eigenvalue weighted by atomic mass is 10.0. The molecular formula is C29H36N6O5S. The van der Waals surface area contributed by atoms with Gasteiger partial charge >= 0.3 is 5.97 Å². The van der Waals surface area contributed by atoms with Crippen LogP contribution in [0.15, 0.2) is 73.2 Å². The number of carbonyl (C=O) groups excluding carboxylic acids is 3. The molecule has 0 aliphatic rings. The molecule has 7 N–H and O–H groups in total. The van der Waals surface area contributed by atoms with E-state index in [0.717, 1.165) is 11.1 Å². The molecule has 218 valence electrons. The third kappa shape index (κ3) is 10.4. The molecule has 3 aromatic rings. The molecule has 0 aliphatic heterocycles. The first-order valence-corrected chi connectivity index (χ1v) is 14.6. The number of aromatic nitrogens is 2. The summed E-state index contributed by atoms with van der Waals surface area (Å²) in [5.41, 5.74) is 8.37. The van der Waals surface area contributed by atoms with Gasteiger partial charge in [0.2, 0.25) is 17.7 Å². The molecule has 4 unspecified atom stereocenters. The molecule has 0 saturated carbocycles. The molecule has 0 spiro atoms. The normalized spacial score (nSPS) is 13.8. The molecule has 0 saturated heterocycles. The number of nitrogens with zero attached hydrogens (tertiary/aromatic N) is 1. The van der Waals surface area contributed by atoms with Gasteiger partial charge in [0.15, 0.2) is 0 Å². The highest BCUT2D eigenvalue weighted by Gasteiger charge is 2.30. The maximum atomic E-state index is 13.5. The van der Waals surface area contributed by atoms with Crippen LogP contribution in [0.4, 0.5) is 0 Å². The fraction of sp³-hybridized carbons (Fsp3) is 0.345. The summed E-state index contributed by atoms with van der Waals surface area (Å²) in [4.78, 5) is 58.5. The zero-order chi connectivity index (χ0) is 29.6. The van der Waals surface area contributed by atoms with Crippen LogP contribution in [-0.4, -0.2) is 74.9 Å². The van der Waals surface area contributed by atoms with Crippen molar-refractivity contribution in [3.05, 3.63) is 90.0 Å². The lowest BCUT2D eigenvalue weighted by Crippen LogP contribution is -2.58. The number of hydrogen-bond acceptors (Lipinski definition) is 7. The molecule has 0 bridgehead atoms. The second kappa shape index (κ2) is 16.2. The first-order chi connectivity index (χ1) is 19.8. The summed E-state index contributed by atoms with van der Waals surface area (Å²) in [5, 5.41) is 17.7. The van der Waals surface area contributed by atoms with Gasteiger partial charge < -0.3 is 31.8 Å². The van der Waals surface area contributed by atoms with Crippen LogP contribution in [0.2, 0.25) is 0 Å². The number of carbonyl (C=O) groups is 4. The van der Waals surface area contributed by atoms with Gasteiger partial charge in [-0.3, -0.25) is 14.4 Å². The number of rotatable bonds is 16. The molecule has 3 rings (SSSR count). The Morgan fingerprint density at radius 3 is 1.95 bits per heavy atom. The Bertz CT molecular complexity index is 1260. The van der Waals surface area contributed by atoms with Crippen LogP contribution in [0.25, 0.3) is 0 Å². The van der Waals surface area contributed by atoms with E-state index in [1.165, 1.54) is 24.3 Å². The lowest BCUT2D eigenvalue weighted by Gasteiger charge is -2.25. The number of carboxylic acids is 1. The summed E-state index contributed by atoms with van der Waals surface area (Å²) in [6.07, 6.45) is 5.56. The summed E-state index contributed by atoms with van der Waals surface area (Å²) < 4.78 is 0. The Hall–Kier alpha value is -4.16. The zero-order valence-corrected chi connectivity index (χ0v) is 23.6. The number of benzene rings is 2. The molecule has 0 fully saturated rings. The number of nitrogens with one attached hydrogen (secondary N) is 4. The molecule has 0 radical (unpaired) electrons. The van der Waals surface area contributed by atoms with E-state index < -0.39 is 47.9 Å². The maximum Gasteiger partial charge on any atom is 0.326 e. The van der Waals surface area contributed by atoms with E-state index in [0.29, 0.717) is 11.4 Å². The minimum Gasteiger partial charge on any atom is -0.480 e. The standard InChI is InChI=1S/C29H36N6O5S/c1-41-13-12-23(27(37)35-25(29(39)40)15-20-10-6-3-7-11-20)33-28(38)24(16-21-17-31-18-32-21)34-26(36)22(30)14-19-8-4-2-5-9-19/h2-11,17-18,22-25H,12-16,30H2,1H3,(H,31,32)(H,33,38)(H,34,36)(H,35,37)(H,39,40). The molecule has 2 aromatic carbocycles. The number of amides is 3. The molecule has 11 nitrogen and oxygen atoms in total.